The zero-order chi connectivity index (χ0) is 19.3. The maximum Gasteiger partial charge on any atom is 0.407 e. The molecule has 0 aliphatic rings. The number of hydrogen-bond acceptors (Lipinski definition) is 5. The fourth-order valence-corrected chi connectivity index (χ4v) is 3.07. The third-order valence-electron chi connectivity index (χ3n) is 3.28. The molecule has 1 rings (SSSR count). The monoisotopic (exact) mass is 371 g/mol. The van der Waals surface area contributed by atoms with Crippen LogP contribution in [0.5, 0.6) is 0 Å². The van der Waals surface area contributed by atoms with Gasteiger partial charge in [-0.25, -0.2) is 17.9 Å². The number of ether oxygens (including phenoxy) is 1. The van der Waals surface area contributed by atoms with Gasteiger partial charge >= 0.3 is 6.09 Å². The fourth-order valence-electron chi connectivity index (χ4n) is 1.90. The van der Waals surface area contributed by atoms with Crippen LogP contribution in [0.25, 0.3) is 0 Å². The summed E-state index contributed by atoms with van der Waals surface area (Å²) in [6, 6.07) is 6.65. The highest BCUT2D eigenvalue weighted by Crippen LogP contribution is 2.16. The minimum atomic E-state index is -3.58. The Hall–Kier alpha value is -1.80. The number of anilines is 1. The number of hydrogen-bond donors (Lipinski definition) is 2. The van der Waals surface area contributed by atoms with E-state index in [1.807, 2.05) is 25.9 Å². The van der Waals surface area contributed by atoms with Crippen molar-refractivity contribution in [1.82, 2.24) is 10.0 Å². The molecule has 142 valence electrons. The molecular weight excluding hydrogens is 342 g/mol. The highest BCUT2D eigenvalue weighted by molar-refractivity contribution is 7.89. The number of carbonyl (C=O) groups excluding carboxylic acids is 1. The number of rotatable bonds is 7. The Morgan fingerprint density at radius 2 is 1.72 bits per heavy atom. The Morgan fingerprint density at radius 1 is 1.16 bits per heavy atom. The lowest BCUT2D eigenvalue weighted by atomic mass is 10.2. The lowest BCUT2D eigenvalue weighted by Gasteiger charge is -2.21. The molecule has 1 amide bonds. The van der Waals surface area contributed by atoms with Crippen LogP contribution >= 0.6 is 0 Å². The standard InChI is InChI=1S/C17H29N3O4S/c1-13(11-18-16(21)24-17(2,3)4)12-19-25(22,23)15-9-7-14(8-10-15)20(5)6/h7-10,13,19H,11-12H2,1-6H3,(H,18,21)/t13-/m1/s1. The van der Waals surface area contributed by atoms with E-state index in [4.69, 9.17) is 4.74 Å². The van der Waals surface area contributed by atoms with Gasteiger partial charge in [-0.05, 0) is 51.0 Å². The molecule has 0 aliphatic heterocycles. The fraction of sp³-hybridized carbons (Fsp3) is 0.588. The molecule has 0 saturated carbocycles. The Kier molecular flexibility index (Phi) is 7.25. The van der Waals surface area contributed by atoms with Gasteiger partial charge in [-0.15, -0.1) is 0 Å². The Bertz CT molecular complexity index is 664. The van der Waals surface area contributed by atoms with Crippen molar-refractivity contribution in [3.05, 3.63) is 24.3 Å². The summed E-state index contributed by atoms with van der Waals surface area (Å²) < 4.78 is 32.3. The number of carbonyl (C=O) groups is 1. The van der Waals surface area contributed by atoms with Crippen LogP contribution in [0.2, 0.25) is 0 Å². The van der Waals surface area contributed by atoms with E-state index in [1.165, 1.54) is 0 Å². The van der Waals surface area contributed by atoms with Crippen molar-refractivity contribution in [3.63, 3.8) is 0 Å². The lowest BCUT2D eigenvalue weighted by Crippen LogP contribution is -2.38. The maximum absolute atomic E-state index is 12.3. The summed E-state index contributed by atoms with van der Waals surface area (Å²) in [6.45, 7) is 7.72. The van der Waals surface area contributed by atoms with E-state index in [9.17, 15) is 13.2 Å². The molecule has 0 aliphatic carbocycles. The van der Waals surface area contributed by atoms with Gasteiger partial charge in [-0.1, -0.05) is 6.92 Å². The third kappa shape index (κ3) is 7.74. The molecule has 0 spiro atoms. The van der Waals surface area contributed by atoms with Crippen LogP contribution in [0.4, 0.5) is 10.5 Å². The van der Waals surface area contributed by atoms with Gasteiger partial charge in [0.1, 0.15) is 5.60 Å². The van der Waals surface area contributed by atoms with Crippen LogP contribution in [0, 0.1) is 5.92 Å². The van der Waals surface area contributed by atoms with Crippen LogP contribution < -0.4 is 14.9 Å². The van der Waals surface area contributed by atoms with Crippen molar-refractivity contribution < 1.29 is 17.9 Å². The first-order valence-corrected chi connectivity index (χ1v) is 9.63. The Labute approximate surface area is 150 Å². The summed E-state index contributed by atoms with van der Waals surface area (Å²) in [5.41, 5.74) is 0.363. The largest absolute Gasteiger partial charge is 0.444 e. The van der Waals surface area contributed by atoms with E-state index in [1.54, 1.807) is 45.0 Å². The van der Waals surface area contributed by atoms with E-state index >= 15 is 0 Å². The molecule has 25 heavy (non-hydrogen) atoms. The summed E-state index contributed by atoms with van der Waals surface area (Å²) in [6.07, 6.45) is -0.513. The molecule has 0 unspecified atom stereocenters. The molecule has 0 bridgehead atoms. The van der Waals surface area contributed by atoms with Crippen LogP contribution in [-0.4, -0.2) is 47.3 Å². The molecule has 1 aromatic rings. The summed E-state index contributed by atoms with van der Waals surface area (Å²) in [5.74, 6) is -0.0802. The summed E-state index contributed by atoms with van der Waals surface area (Å²) in [5, 5.41) is 2.63. The molecule has 0 aromatic heterocycles. The number of amides is 1. The van der Waals surface area contributed by atoms with E-state index in [0.717, 1.165) is 5.69 Å². The van der Waals surface area contributed by atoms with Gasteiger partial charge in [-0.3, -0.25) is 0 Å². The smallest absolute Gasteiger partial charge is 0.407 e. The number of alkyl carbamates (subject to hydrolysis) is 1. The predicted molar refractivity (Wildman–Crippen MR) is 99.4 cm³/mol. The molecular formula is C17H29N3O4S. The second-order valence-electron chi connectivity index (χ2n) is 7.23. The Balaban J connectivity index is 2.51. The average molecular weight is 372 g/mol. The maximum atomic E-state index is 12.3. The van der Waals surface area contributed by atoms with Gasteiger partial charge in [0.2, 0.25) is 10.0 Å². The molecule has 0 saturated heterocycles. The number of nitrogens with zero attached hydrogens (tertiary/aromatic N) is 1. The highest BCUT2D eigenvalue weighted by Gasteiger charge is 2.18. The third-order valence-corrected chi connectivity index (χ3v) is 4.72. The van der Waals surface area contributed by atoms with Crippen molar-refractivity contribution >= 4 is 21.8 Å². The van der Waals surface area contributed by atoms with E-state index in [0.29, 0.717) is 6.54 Å². The molecule has 0 heterocycles. The minimum Gasteiger partial charge on any atom is -0.444 e. The van der Waals surface area contributed by atoms with Crippen molar-refractivity contribution in [1.29, 1.82) is 0 Å². The number of nitrogens with one attached hydrogen (secondary N) is 2. The molecule has 0 radical (unpaired) electrons. The SMILES string of the molecule is C[C@H](CNC(=O)OC(C)(C)C)CNS(=O)(=O)c1ccc(N(C)C)cc1. The predicted octanol–water partition coefficient (Wildman–Crippen LogP) is 2.19. The zero-order valence-electron chi connectivity index (χ0n) is 15.8. The number of sulfonamides is 1. The van der Waals surface area contributed by atoms with Crippen LogP contribution in [0.1, 0.15) is 27.7 Å². The van der Waals surface area contributed by atoms with Gasteiger partial charge in [0.15, 0.2) is 0 Å². The van der Waals surface area contributed by atoms with Crippen molar-refractivity contribution in [2.24, 2.45) is 5.92 Å². The van der Waals surface area contributed by atoms with Gasteiger partial charge in [-0.2, -0.15) is 0 Å². The second kappa shape index (κ2) is 8.53. The molecule has 7 nitrogen and oxygen atoms in total. The van der Waals surface area contributed by atoms with Crippen molar-refractivity contribution in [2.75, 3.05) is 32.1 Å². The topological polar surface area (TPSA) is 87.7 Å². The lowest BCUT2D eigenvalue weighted by molar-refractivity contribution is 0.0521. The van der Waals surface area contributed by atoms with Crippen LogP contribution in [0.15, 0.2) is 29.2 Å². The second-order valence-corrected chi connectivity index (χ2v) is 9.00. The summed E-state index contributed by atoms with van der Waals surface area (Å²) in [4.78, 5) is 13.7. The number of benzene rings is 1. The zero-order valence-corrected chi connectivity index (χ0v) is 16.6. The van der Waals surface area contributed by atoms with Crippen LogP contribution in [-0.2, 0) is 14.8 Å². The van der Waals surface area contributed by atoms with Crippen molar-refractivity contribution in [2.45, 2.75) is 38.2 Å². The van der Waals surface area contributed by atoms with E-state index in [2.05, 4.69) is 10.0 Å². The molecule has 1 aromatic carbocycles. The molecule has 0 fully saturated rings. The first-order chi connectivity index (χ1) is 11.4. The van der Waals surface area contributed by atoms with Gasteiger partial charge < -0.3 is 15.0 Å². The first kappa shape index (κ1) is 21.2. The summed E-state index contributed by atoms with van der Waals surface area (Å²) >= 11 is 0. The quantitative estimate of drug-likeness (QED) is 0.767. The normalized spacial score (nSPS) is 13.2. The highest BCUT2D eigenvalue weighted by atomic mass is 32.2. The van der Waals surface area contributed by atoms with Crippen molar-refractivity contribution in [3.8, 4) is 0 Å². The molecule has 2 N–H and O–H groups in total. The summed E-state index contributed by atoms with van der Waals surface area (Å²) in [7, 11) is 0.202. The van der Waals surface area contributed by atoms with E-state index in [-0.39, 0.29) is 17.4 Å². The van der Waals surface area contributed by atoms with Crippen LogP contribution in [0.3, 0.4) is 0 Å². The molecule has 1 atom stereocenters. The minimum absolute atomic E-state index is 0.0802. The molecule has 8 heteroatoms. The van der Waals surface area contributed by atoms with E-state index < -0.39 is 21.7 Å². The average Bonchev–Trinajstić information content (AvgIpc) is 2.49. The van der Waals surface area contributed by atoms with Gasteiger partial charge in [0.05, 0.1) is 4.90 Å². The Morgan fingerprint density at radius 3 is 2.20 bits per heavy atom. The first-order valence-electron chi connectivity index (χ1n) is 8.14. The van der Waals surface area contributed by atoms with Gasteiger partial charge in [0, 0.05) is 32.9 Å². The van der Waals surface area contributed by atoms with Gasteiger partial charge in [0.25, 0.3) is 0 Å².